The fourth-order valence-corrected chi connectivity index (χ4v) is 5.26. The Bertz CT molecular complexity index is 765. The number of quaternary nitrogens is 1. The molecule has 9 heteroatoms. The quantitative estimate of drug-likeness (QED) is 0.686. The van der Waals surface area contributed by atoms with Gasteiger partial charge in [0.15, 0.2) is 6.54 Å². The normalized spacial score (nSPS) is 24.9. The lowest BCUT2D eigenvalue weighted by molar-refractivity contribution is -0.896. The van der Waals surface area contributed by atoms with Gasteiger partial charge in [0.2, 0.25) is 10.0 Å². The fourth-order valence-electron chi connectivity index (χ4n) is 3.82. The third kappa shape index (κ3) is 4.83. The number of rotatable bonds is 5. The highest BCUT2D eigenvalue weighted by Gasteiger charge is 2.33. The predicted molar refractivity (Wildman–Crippen MR) is 104 cm³/mol. The molecule has 3 rings (SSSR count). The van der Waals surface area contributed by atoms with Gasteiger partial charge in [-0.3, -0.25) is 4.79 Å². The van der Waals surface area contributed by atoms with Crippen LogP contribution < -0.4 is 9.64 Å². The number of carbonyl (C=O) groups excluding carboxylic acids is 1. The van der Waals surface area contributed by atoms with Crippen LogP contribution in [-0.2, 0) is 19.6 Å². The Morgan fingerprint density at radius 1 is 1.14 bits per heavy atom. The Hall–Kier alpha value is -1.68. The van der Waals surface area contributed by atoms with Crippen molar-refractivity contribution in [1.82, 2.24) is 9.21 Å². The standard InChI is InChI=1S/C19H29N3O5S/c1-15-12-21(13-16(2)27-15)19(23)14-20-8-10-22(11-9-20)28(24,25)18-6-4-17(26-3)5-7-18/h4-7,15-16H,8-14H2,1-3H3/p+1/t15-,16+. The van der Waals surface area contributed by atoms with Gasteiger partial charge >= 0.3 is 0 Å². The van der Waals surface area contributed by atoms with E-state index in [2.05, 4.69) is 0 Å². The number of piperazine rings is 1. The monoisotopic (exact) mass is 412 g/mol. The van der Waals surface area contributed by atoms with Crippen molar-refractivity contribution < 1.29 is 27.6 Å². The van der Waals surface area contributed by atoms with E-state index in [0.29, 0.717) is 51.6 Å². The maximum atomic E-state index is 12.8. The van der Waals surface area contributed by atoms with Crippen molar-refractivity contribution in [2.75, 3.05) is 52.9 Å². The summed E-state index contributed by atoms with van der Waals surface area (Å²) in [5, 5.41) is 0. The number of nitrogens with zero attached hydrogens (tertiary/aromatic N) is 2. The van der Waals surface area contributed by atoms with Crippen LogP contribution >= 0.6 is 0 Å². The molecule has 0 aromatic heterocycles. The summed E-state index contributed by atoms with van der Waals surface area (Å²) < 4.78 is 37.9. The van der Waals surface area contributed by atoms with Gasteiger partial charge in [0, 0.05) is 13.1 Å². The summed E-state index contributed by atoms with van der Waals surface area (Å²) >= 11 is 0. The smallest absolute Gasteiger partial charge is 0.277 e. The molecule has 0 unspecified atom stereocenters. The highest BCUT2D eigenvalue weighted by Crippen LogP contribution is 2.19. The Labute approximate surface area is 167 Å². The summed E-state index contributed by atoms with van der Waals surface area (Å²) in [6.45, 7) is 7.66. The maximum Gasteiger partial charge on any atom is 0.277 e. The number of nitrogens with one attached hydrogen (secondary N) is 1. The lowest BCUT2D eigenvalue weighted by atomic mass is 10.2. The molecule has 1 amide bonds. The first-order chi connectivity index (χ1) is 13.3. The largest absolute Gasteiger partial charge is 0.497 e. The number of sulfonamides is 1. The van der Waals surface area contributed by atoms with Crippen LogP contribution in [0.1, 0.15) is 13.8 Å². The van der Waals surface area contributed by atoms with Crippen molar-refractivity contribution in [3.05, 3.63) is 24.3 Å². The summed E-state index contributed by atoms with van der Waals surface area (Å²) in [5.41, 5.74) is 0. The van der Waals surface area contributed by atoms with E-state index in [-0.39, 0.29) is 23.0 Å². The van der Waals surface area contributed by atoms with Crippen molar-refractivity contribution in [1.29, 1.82) is 0 Å². The van der Waals surface area contributed by atoms with Gasteiger partial charge < -0.3 is 19.3 Å². The van der Waals surface area contributed by atoms with Crippen LogP contribution in [0.2, 0.25) is 0 Å². The second-order valence-corrected chi connectivity index (χ2v) is 9.50. The zero-order valence-electron chi connectivity index (χ0n) is 16.8. The summed E-state index contributed by atoms with van der Waals surface area (Å²) in [6, 6.07) is 6.43. The summed E-state index contributed by atoms with van der Waals surface area (Å²) in [4.78, 5) is 15.9. The average Bonchev–Trinajstić information content (AvgIpc) is 2.67. The molecule has 0 radical (unpaired) electrons. The highest BCUT2D eigenvalue weighted by molar-refractivity contribution is 7.89. The molecule has 2 saturated heterocycles. The first kappa shape index (κ1) is 21.0. The van der Waals surface area contributed by atoms with Crippen molar-refractivity contribution in [2.24, 2.45) is 0 Å². The van der Waals surface area contributed by atoms with Crippen molar-refractivity contribution >= 4 is 15.9 Å². The molecule has 1 aromatic carbocycles. The minimum atomic E-state index is -3.52. The molecule has 1 aromatic rings. The molecular weight excluding hydrogens is 382 g/mol. The van der Waals surface area contributed by atoms with Gasteiger partial charge in [0.1, 0.15) is 5.75 Å². The van der Waals surface area contributed by atoms with Crippen LogP contribution in [0.15, 0.2) is 29.2 Å². The Morgan fingerprint density at radius 3 is 2.25 bits per heavy atom. The molecule has 0 saturated carbocycles. The highest BCUT2D eigenvalue weighted by atomic mass is 32.2. The molecule has 0 spiro atoms. The molecule has 0 bridgehead atoms. The van der Waals surface area contributed by atoms with Crippen LogP contribution in [0, 0.1) is 0 Å². The first-order valence-corrected chi connectivity index (χ1v) is 11.1. The van der Waals surface area contributed by atoms with Crippen LogP contribution in [-0.4, -0.2) is 88.7 Å². The number of hydrogen-bond acceptors (Lipinski definition) is 5. The van der Waals surface area contributed by atoms with Crippen molar-refractivity contribution in [3.8, 4) is 5.75 Å². The number of carbonyl (C=O) groups is 1. The van der Waals surface area contributed by atoms with E-state index >= 15 is 0 Å². The molecule has 2 heterocycles. The number of morpholine rings is 1. The second kappa shape index (κ2) is 8.77. The van der Waals surface area contributed by atoms with Gasteiger partial charge in [-0.1, -0.05) is 0 Å². The second-order valence-electron chi connectivity index (χ2n) is 7.56. The van der Waals surface area contributed by atoms with E-state index < -0.39 is 10.0 Å². The van der Waals surface area contributed by atoms with Gasteiger partial charge in [-0.05, 0) is 38.1 Å². The third-order valence-corrected chi connectivity index (χ3v) is 7.21. The molecule has 2 fully saturated rings. The lowest BCUT2D eigenvalue weighted by Crippen LogP contribution is -3.15. The van der Waals surface area contributed by atoms with Crippen molar-refractivity contribution in [2.45, 2.75) is 31.0 Å². The molecule has 2 atom stereocenters. The van der Waals surface area contributed by atoms with Gasteiger partial charge in [0.05, 0.1) is 50.4 Å². The Morgan fingerprint density at radius 2 is 1.71 bits per heavy atom. The van der Waals surface area contributed by atoms with E-state index in [4.69, 9.17) is 9.47 Å². The van der Waals surface area contributed by atoms with Crippen LogP contribution in [0.5, 0.6) is 5.75 Å². The number of benzene rings is 1. The van der Waals surface area contributed by atoms with Crippen LogP contribution in [0.4, 0.5) is 0 Å². The van der Waals surface area contributed by atoms with E-state index in [0.717, 1.165) is 4.90 Å². The third-order valence-electron chi connectivity index (χ3n) is 5.30. The van der Waals surface area contributed by atoms with E-state index in [9.17, 15) is 13.2 Å². The number of hydrogen-bond donors (Lipinski definition) is 1. The van der Waals surface area contributed by atoms with Crippen molar-refractivity contribution in [3.63, 3.8) is 0 Å². The summed E-state index contributed by atoms with van der Waals surface area (Å²) in [5.74, 6) is 0.738. The lowest BCUT2D eigenvalue weighted by Gasteiger charge is -2.37. The topological polar surface area (TPSA) is 80.6 Å². The van der Waals surface area contributed by atoms with E-state index in [1.165, 1.54) is 4.31 Å². The fraction of sp³-hybridized carbons (Fsp3) is 0.632. The van der Waals surface area contributed by atoms with Crippen LogP contribution in [0.25, 0.3) is 0 Å². The van der Waals surface area contributed by atoms with E-state index in [1.54, 1.807) is 31.4 Å². The number of methoxy groups -OCH3 is 1. The SMILES string of the molecule is COc1ccc(S(=O)(=O)N2CC[NH+](CC(=O)N3C[C@@H](C)O[C@@H](C)C3)CC2)cc1. The number of ether oxygens (including phenoxy) is 2. The summed E-state index contributed by atoms with van der Waals surface area (Å²) in [6.07, 6.45) is 0.100. The molecular formula is C19H30N3O5S+. The van der Waals surface area contributed by atoms with Gasteiger partial charge in [-0.2, -0.15) is 4.31 Å². The zero-order chi connectivity index (χ0) is 20.3. The molecule has 0 aliphatic carbocycles. The number of amides is 1. The molecule has 2 aliphatic heterocycles. The average molecular weight is 413 g/mol. The zero-order valence-corrected chi connectivity index (χ0v) is 17.6. The van der Waals surface area contributed by atoms with Crippen LogP contribution in [0.3, 0.4) is 0 Å². The van der Waals surface area contributed by atoms with Gasteiger partial charge in [-0.25, -0.2) is 8.42 Å². The predicted octanol–water partition coefficient (Wildman–Crippen LogP) is -0.780. The summed E-state index contributed by atoms with van der Waals surface area (Å²) in [7, 11) is -1.97. The molecule has 156 valence electrons. The molecule has 8 nitrogen and oxygen atoms in total. The van der Waals surface area contributed by atoms with Gasteiger partial charge in [0.25, 0.3) is 5.91 Å². The Kier molecular flexibility index (Phi) is 6.59. The maximum absolute atomic E-state index is 12.8. The first-order valence-electron chi connectivity index (χ1n) is 9.70. The van der Waals surface area contributed by atoms with E-state index in [1.807, 2.05) is 18.7 Å². The Balaban J connectivity index is 1.54. The molecule has 2 aliphatic rings. The van der Waals surface area contributed by atoms with Gasteiger partial charge in [-0.15, -0.1) is 0 Å². The minimum Gasteiger partial charge on any atom is -0.497 e. The molecule has 1 N–H and O–H groups in total. The molecule has 28 heavy (non-hydrogen) atoms. The minimum absolute atomic E-state index is 0.0502.